The van der Waals surface area contributed by atoms with Crippen LogP contribution in [0.1, 0.15) is 59.0 Å². The van der Waals surface area contributed by atoms with E-state index in [4.69, 9.17) is 0 Å². The van der Waals surface area contributed by atoms with Crippen molar-refractivity contribution >= 4 is 5.91 Å². The number of carbonyl (C=O) groups is 1. The van der Waals surface area contributed by atoms with Crippen LogP contribution in [0, 0.1) is 0 Å². The molecular formula is C17H21N5O. The number of hydrogen-bond acceptors (Lipinski definition) is 4. The summed E-state index contributed by atoms with van der Waals surface area (Å²) in [5.41, 5.74) is 3.18. The first-order valence-electron chi connectivity index (χ1n) is 8.43. The number of fused-ring (bicyclic) bond motifs is 1. The zero-order chi connectivity index (χ0) is 15.6. The van der Waals surface area contributed by atoms with Gasteiger partial charge in [0.15, 0.2) is 0 Å². The molecule has 0 aromatic carbocycles. The first-order valence-corrected chi connectivity index (χ1v) is 8.43. The van der Waals surface area contributed by atoms with Crippen molar-refractivity contribution in [3.05, 3.63) is 41.2 Å². The van der Waals surface area contributed by atoms with Gasteiger partial charge >= 0.3 is 0 Å². The number of hydrogen-bond donors (Lipinski definition) is 1. The fourth-order valence-electron chi connectivity index (χ4n) is 3.66. The number of piperidine rings is 1. The average molecular weight is 311 g/mol. The summed E-state index contributed by atoms with van der Waals surface area (Å²) in [5.74, 6) is 1.43. The summed E-state index contributed by atoms with van der Waals surface area (Å²) >= 11 is 0. The van der Waals surface area contributed by atoms with Crippen LogP contribution in [0.4, 0.5) is 0 Å². The zero-order valence-electron chi connectivity index (χ0n) is 13.2. The minimum Gasteiger partial charge on any atom is -0.339 e. The molecule has 0 saturated carbocycles. The van der Waals surface area contributed by atoms with Crippen molar-refractivity contribution in [1.29, 1.82) is 0 Å². The smallest absolute Gasteiger partial charge is 0.255 e. The lowest BCUT2D eigenvalue weighted by molar-refractivity contribution is 0.0710. The number of aryl methyl sites for hydroxylation is 2. The van der Waals surface area contributed by atoms with E-state index in [-0.39, 0.29) is 5.91 Å². The molecule has 2 aromatic rings. The predicted octanol–water partition coefficient (Wildman–Crippen LogP) is 2.10. The lowest BCUT2D eigenvalue weighted by Crippen LogP contribution is -2.38. The van der Waals surface area contributed by atoms with Crippen LogP contribution in [-0.2, 0) is 12.8 Å². The summed E-state index contributed by atoms with van der Waals surface area (Å²) in [6, 6.07) is 2.06. The van der Waals surface area contributed by atoms with Crippen LogP contribution in [0.2, 0.25) is 0 Å². The highest BCUT2D eigenvalue weighted by Gasteiger charge is 2.26. The van der Waals surface area contributed by atoms with Crippen LogP contribution in [0.5, 0.6) is 0 Å². The fourth-order valence-corrected chi connectivity index (χ4v) is 3.66. The predicted molar refractivity (Wildman–Crippen MR) is 85.1 cm³/mol. The van der Waals surface area contributed by atoms with Crippen LogP contribution in [-0.4, -0.2) is 44.1 Å². The second-order valence-corrected chi connectivity index (χ2v) is 6.47. The molecule has 2 aromatic heterocycles. The van der Waals surface area contributed by atoms with Gasteiger partial charge in [0.05, 0.1) is 5.56 Å². The molecule has 6 heteroatoms. The molecule has 6 nitrogen and oxygen atoms in total. The summed E-state index contributed by atoms with van der Waals surface area (Å²) in [7, 11) is 0. The van der Waals surface area contributed by atoms with Crippen LogP contribution >= 0.6 is 0 Å². The third-order valence-corrected chi connectivity index (χ3v) is 5.02. The Morgan fingerprint density at radius 2 is 2.00 bits per heavy atom. The molecule has 0 bridgehead atoms. The molecule has 2 aliphatic rings. The molecule has 23 heavy (non-hydrogen) atoms. The molecule has 0 radical (unpaired) electrons. The highest BCUT2D eigenvalue weighted by atomic mass is 16.2. The standard InChI is InChI=1S/C17H21N5O/c23-17(14-9-13-3-1-2-4-15(13)18-10-14)22-7-5-12(6-8-22)16-19-11-20-21-16/h9-12H,1-8H2,(H,19,20,21). The number of rotatable bonds is 2. The quantitative estimate of drug-likeness (QED) is 0.921. The van der Waals surface area contributed by atoms with Gasteiger partial charge in [0, 0.05) is 30.9 Å². The molecule has 0 spiro atoms. The lowest BCUT2D eigenvalue weighted by atomic mass is 9.94. The molecule has 1 amide bonds. The van der Waals surface area contributed by atoms with Gasteiger partial charge in [-0.3, -0.25) is 14.9 Å². The second-order valence-electron chi connectivity index (χ2n) is 6.47. The topological polar surface area (TPSA) is 74.8 Å². The van der Waals surface area contributed by atoms with E-state index in [0.29, 0.717) is 5.92 Å². The largest absolute Gasteiger partial charge is 0.339 e. The Morgan fingerprint density at radius 3 is 2.78 bits per heavy atom. The van der Waals surface area contributed by atoms with Crippen molar-refractivity contribution < 1.29 is 4.79 Å². The Morgan fingerprint density at radius 1 is 1.17 bits per heavy atom. The van der Waals surface area contributed by atoms with Gasteiger partial charge in [-0.2, -0.15) is 5.10 Å². The van der Waals surface area contributed by atoms with E-state index < -0.39 is 0 Å². The number of amides is 1. The van der Waals surface area contributed by atoms with Crippen LogP contribution in [0.25, 0.3) is 0 Å². The van der Waals surface area contributed by atoms with Gasteiger partial charge in [-0.1, -0.05) is 0 Å². The first kappa shape index (κ1) is 14.4. The molecule has 4 rings (SSSR count). The molecule has 1 N–H and O–H groups in total. The van der Waals surface area contributed by atoms with Crippen molar-refractivity contribution in [3.63, 3.8) is 0 Å². The van der Waals surface area contributed by atoms with E-state index >= 15 is 0 Å². The van der Waals surface area contributed by atoms with Gasteiger partial charge in [-0.05, 0) is 50.2 Å². The van der Waals surface area contributed by atoms with Crippen molar-refractivity contribution in [1.82, 2.24) is 25.1 Å². The number of carbonyl (C=O) groups excluding carboxylic acids is 1. The molecule has 0 unspecified atom stereocenters. The Bertz CT molecular complexity index is 689. The van der Waals surface area contributed by atoms with Gasteiger partial charge in [0.1, 0.15) is 12.2 Å². The number of aromatic amines is 1. The van der Waals surface area contributed by atoms with Gasteiger partial charge in [0.2, 0.25) is 0 Å². The Hall–Kier alpha value is -2.24. The van der Waals surface area contributed by atoms with Gasteiger partial charge in [-0.15, -0.1) is 0 Å². The summed E-state index contributed by atoms with van der Waals surface area (Å²) in [6.45, 7) is 1.53. The molecule has 1 aliphatic heterocycles. The molecule has 120 valence electrons. The van der Waals surface area contributed by atoms with E-state index in [1.807, 2.05) is 4.90 Å². The van der Waals surface area contributed by atoms with E-state index in [9.17, 15) is 4.79 Å². The van der Waals surface area contributed by atoms with E-state index in [2.05, 4.69) is 26.2 Å². The van der Waals surface area contributed by atoms with Crippen molar-refractivity contribution in [2.24, 2.45) is 0 Å². The van der Waals surface area contributed by atoms with Crippen LogP contribution in [0.15, 0.2) is 18.6 Å². The number of pyridine rings is 1. The van der Waals surface area contributed by atoms with Gasteiger partial charge < -0.3 is 4.90 Å². The molecule has 3 heterocycles. The van der Waals surface area contributed by atoms with Crippen molar-refractivity contribution in [3.8, 4) is 0 Å². The number of H-pyrrole nitrogens is 1. The summed E-state index contributed by atoms with van der Waals surface area (Å²) < 4.78 is 0. The normalized spacial score (nSPS) is 18.7. The fraction of sp³-hybridized carbons (Fsp3) is 0.529. The number of likely N-dealkylation sites (tertiary alicyclic amines) is 1. The maximum atomic E-state index is 12.7. The average Bonchev–Trinajstić information content (AvgIpc) is 3.15. The Labute approximate surface area is 135 Å². The maximum absolute atomic E-state index is 12.7. The monoisotopic (exact) mass is 311 g/mol. The second kappa shape index (κ2) is 6.10. The highest BCUT2D eigenvalue weighted by molar-refractivity contribution is 5.94. The third kappa shape index (κ3) is 2.85. The highest BCUT2D eigenvalue weighted by Crippen LogP contribution is 2.26. The SMILES string of the molecule is O=C(c1cnc2c(c1)CCCC2)N1CCC(c2ncn[nH]2)CC1. The maximum Gasteiger partial charge on any atom is 0.255 e. The molecule has 1 aliphatic carbocycles. The number of nitrogens with one attached hydrogen (secondary N) is 1. The molecule has 0 atom stereocenters. The molecule has 1 saturated heterocycles. The molecular weight excluding hydrogens is 290 g/mol. The zero-order valence-corrected chi connectivity index (χ0v) is 13.2. The Balaban J connectivity index is 1.44. The summed E-state index contributed by atoms with van der Waals surface area (Å²) in [6.07, 6.45) is 9.68. The minimum atomic E-state index is 0.113. The van der Waals surface area contributed by atoms with Crippen LogP contribution < -0.4 is 0 Å². The number of nitrogens with zero attached hydrogens (tertiary/aromatic N) is 4. The third-order valence-electron chi connectivity index (χ3n) is 5.02. The van der Waals surface area contributed by atoms with Crippen LogP contribution in [0.3, 0.4) is 0 Å². The summed E-state index contributed by atoms with van der Waals surface area (Å²) in [5, 5.41) is 6.86. The lowest BCUT2D eigenvalue weighted by Gasteiger charge is -2.31. The number of aromatic nitrogens is 4. The van der Waals surface area contributed by atoms with E-state index in [1.54, 1.807) is 12.5 Å². The van der Waals surface area contributed by atoms with E-state index in [1.165, 1.54) is 24.1 Å². The van der Waals surface area contributed by atoms with Crippen molar-refractivity contribution in [2.75, 3.05) is 13.1 Å². The van der Waals surface area contributed by atoms with Gasteiger partial charge in [0.25, 0.3) is 5.91 Å². The minimum absolute atomic E-state index is 0.113. The van der Waals surface area contributed by atoms with Gasteiger partial charge in [-0.25, -0.2) is 4.98 Å². The Kier molecular flexibility index (Phi) is 3.81. The van der Waals surface area contributed by atoms with Crippen molar-refractivity contribution in [2.45, 2.75) is 44.4 Å². The molecule has 1 fully saturated rings. The first-order chi connectivity index (χ1) is 11.3. The van der Waals surface area contributed by atoms with E-state index in [0.717, 1.165) is 50.2 Å². The summed E-state index contributed by atoms with van der Waals surface area (Å²) in [4.78, 5) is 23.4.